The van der Waals surface area contributed by atoms with E-state index < -0.39 is 17.2 Å². The molecule has 132 valence electrons. The van der Waals surface area contributed by atoms with Crippen molar-refractivity contribution < 1.29 is 14.3 Å². The lowest BCUT2D eigenvalue weighted by Crippen LogP contribution is -2.41. The monoisotopic (exact) mass is 380 g/mol. The van der Waals surface area contributed by atoms with Crippen molar-refractivity contribution in [2.24, 2.45) is 5.41 Å². The molecule has 2 aromatic rings. The average Bonchev–Trinajstić information content (AvgIpc) is 2.58. The molecule has 0 spiro atoms. The summed E-state index contributed by atoms with van der Waals surface area (Å²) in [7, 11) is 1.50. The fraction of sp³-hybridized carbons (Fsp3) is 0.222. The molecule has 2 N–H and O–H groups in total. The van der Waals surface area contributed by atoms with Crippen molar-refractivity contribution in [3.05, 3.63) is 52.5 Å². The minimum Gasteiger partial charge on any atom is -0.495 e. The van der Waals surface area contributed by atoms with Crippen LogP contribution in [0.15, 0.2) is 42.5 Å². The van der Waals surface area contributed by atoms with Gasteiger partial charge >= 0.3 is 0 Å². The van der Waals surface area contributed by atoms with Crippen molar-refractivity contribution in [1.29, 1.82) is 0 Å². The second-order valence-corrected chi connectivity index (χ2v) is 6.70. The maximum absolute atomic E-state index is 12.6. The number of hydrogen-bond acceptors (Lipinski definition) is 3. The van der Waals surface area contributed by atoms with Gasteiger partial charge in [-0.1, -0.05) is 35.3 Å². The first kappa shape index (κ1) is 19.1. The van der Waals surface area contributed by atoms with E-state index in [9.17, 15) is 9.59 Å². The van der Waals surface area contributed by atoms with Crippen LogP contribution in [-0.4, -0.2) is 18.9 Å². The van der Waals surface area contributed by atoms with Crippen LogP contribution < -0.4 is 15.4 Å². The smallest absolute Gasteiger partial charge is 0.239 e. The van der Waals surface area contributed by atoms with E-state index in [0.717, 1.165) is 0 Å². The Balaban J connectivity index is 2.17. The molecular weight excluding hydrogens is 363 g/mol. The number of amides is 2. The molecule has 0 aromatic heterocycles. The second-order valence-electron chi connectivity index (χ2n) is 5.86. The van der Waals surface area contributed by atoms with Gasteiger partial charge in [-0.3, -0.25) is 9.59 Å². The predicted octanol–water partition coefficient (Wildman–Crippen LogP) is 4.61. The number of para-hydroxylation sites is 2. The van der Waals surface area contributed by atoms with E-state index in [1.165, 1.54) is 27.0 Å². The Labute approximate surface area is 156 Å². The number of hydrogen-bond donors (Lipinski definition) is 2. The third-order valence-corrected chi connectivity index (χ3v) is 4.23. The summed E-state index contributed by atoms with van der Waals surface area (Å²) >= 11 is 12.0. The third-order valence-electron chi connectivity index (χ3n) is 3.67. The van der Waals surface area contributed by atoms with Gasteiger partial charge in [0, 0.05) is 5.02 Å². The van der Waals surface area contributed by atoms with Gasteiger partial charge in [0.25, 0.3) is 0 Å². The summed E-state index contributed by atoms with van der Waals surface area (Å²) in [6, 6.07) is 11.7. The lowest BCUT2D eigenvalue weighted by molar-refractivity contribution is -0.135. The normalized spacial score (nSPS) is 10.9. The summed E-state index contributed by atoms with van der Waals surface area (Å²) in [4.78, 5) is 25.2. The fourth-order valence-corrected chi connectivity index (χ4v) is 2.34. The van der Waals surface area contributed by atoms with Gasteiger partial charge in [0.05, 0.1) is 23.5 Å². The van der Waals surface area contributed by atoms with Gasteiger partial charge in [-0.15, -0.1) is 0 Å². The van der Waals surface area contributed by atoms with E-state index in [1.54, 1.807) is 36.4 Å². The quantitative estimate of drug-likeness (QED) is 0.744. The third kappa shape index (κ3) is 4.44. The van der Waals surface area contributed by atoms with Crippen LogP contribution in [0.2, 0.25) is 10.0 Å². The van der Waals surface area contributed by atoms with E-state index in [-0.39, 0.29) is 0 Å². The Morgan fingerprint density at radius 3 is 2.20 bits per heavy atom. The number of carbonyl (C=O) groups is 2. The van der Waals surface area contributed by atoms with Gasteiger partial charge in [-0.2, -0.15) is 0 Å². The molecule has 2 aromatic carbocycles. The zero-order chi connectivity index (χ0) is 18.6. The first-order chi connectivity index (χ1) is 11.8. The van der Waals surface area contributed by atoms with Crippen molar-refractivity contribution in [1.82, 2.24) is 0 Å². The van der Waals surface area contributed by atoms with Crippen LogP contribution in [0, 0.1) is 5.41 Å². The Hall–Kier alpha value is -2.24. The SMILES string of the molecule is COc1ccccc1NC(=O)C(C)(C)C(=O)Nc1cc(Cl)ccc1Cl. The standard InChI is InChI=1S/C18H18Cl2N2O3/c1-18(2,16(23)21-13-6-4-5-7-15(13)25-3)17(24)22-14-10-11(19)8-9-12(14)20/h4-10H,1-3H3,(H,21,23)(H,22,24). The van der Waals surface area contributed by atoms with Crippen molar-refractivity contribution >= 4 is 46.4 Å². The number of halogens is 2. The molecule has 0 aliphatic rings. The van der Waals surface area contributed by atoms with Crippen LogP contribution >= 0.6 is 23.2 Å². The molecule has 0 aliphatic heterocycles. The summed E-state index contributed by atoms with van der Waals surface area (Å²) in [6.45, 7) is 3.04. The molecule has 0 unspecified atom stereocenters. The van der Waals surface area contributed by atoms with E-state index in [1.807, 2.05) is 0 Å². The molecule has 0 atom stereocenters. The van der Waals surface area contributed by atoms with Crippen molar-refractivity contribution in [2.75, 3.05) is 17.7 Å². The molecule has 0 bridgehead atoms. The summed E-state index contributed by atoms with van der Waals surface area (Å²) in [5, 5.41) is 6.11. The van der Waals surface area contributed by atoms with Gasteiger partial charge in [-0.25, -0.2) is 0 Å². The average molecular weight is 381 g/mol. The van der Waals surface area contributed by atoms with Crippen LogP contribution in [0.1, 0.15) is 13.8 Å². The maximum atomic E-state index is 12.6. The number of rotatable bonds is 5. The molecule has 0 aliphatic carbocycles. The number of anilines is 2. The zero-order valence-corrected chi connectivity index (χ0v) is 15.5. The molecule has 0 radical (unpaired) electrons. The second kappa shape index (κ2) is 7.76. The van der Waals surface area contributed by atoms with Crippen molar-refractivity contribution in [3.63, 3.8) is 0 Å². The highest BCUT2D eigenvalue weighted by Gasteiger charge is 2.36. The van der Waals surface area contributed by atoms with Crippen LogP contribution in [0.25, 0.3) is 0 Å². The zero-order valence-electron chi connectivity index (χ0n) is 14.0. The lowest BCUT2D eigenvalue weighted by atomic mass is 9.90. The van der Waals surface area contributed by atoms with E-state index in [0.29, 0.717) is 27.2 Å². The molecule has 0 saturated carbocycles. The minimum absolute atomic E-state index is 0.332. The van der Waals surface area contributed by atoms with Crippen molar-refractivity contribution in [3.8, 4) is 5.75 Å². The van der Waals surface area contributed by atoms with E-state index >= 15 is 0 Å². The van der Waals surface area contributed by atoms with Gasteiger partial charge in [0.15, 0.2) is 0 Å². The molecule has 2 rings (SSSR count). The summed E-state index contributed by atoms with van der Waals surface area (Å²) in [5.41, 5.74) is -0.527. The lowest BCUT2D eigenvalue weighted by Gasteiger charge is -2.23. The highest BCUT2D eigenvalue weighted by atomic mass is 35.5. The largest absolute Gasteiger partial charge is 0.495 e. The molecule has 7 heteroatoms. The van der Waals surface area contributed by atoms with Crippen LogP contribution in [0.3, 0.4) is 0 Å². The Morgan fingerprint density at radius 1 is 0.960 bits per heavy atom. The number of methoxy groups -OCH3 is 1. The number of nitrogens with one attached hydrogen (secondary N) is 2. The Morgan fingerprint density at radius 2 is 1.56 bits per heavy atom. The summed E-state index contributed by atoms with van der Waals surface area (Å²) in [5.74, 6) is -0.485. The molecule has 0 heterocycles. The summed E-state index contributed by atoms with van der Waals surface area (Å²) in [6.07, 6.45) is 0. The van der Waals surface area contributed by atoms with Crippen LogP contribution in [-0.2, 0) is 9.59 Å². The predicted molar refractivity (Wildman–Crippen MR) is 100 cm³/mol. The topological polar surface area (TPSA) is 67.4 Å². The van der Waals surface area contributed by atoms with Gasteiger partial charge in [0.2, 0.25) is 11.8 Å². The molecule has 25 heavy (non-hydrogen) atoms. The van der Waals surface area contributed by atoms with Crippen LogP contribution in [0.4, 0.5) is 11.4 Å². The first-order valence-corrected chi connectivity index (χ1v) is 8.22. The minimum atomic E-state index is -1.35. The molecule has 0 fully saturated rings. The molecule has 5 nitrogen and oxygen atoms in total. The molecular formula is C18H18Cl2N2O3. The highest BCUT2D eigenvalue weighted by molar-refractivity contribution is 6.36. The number of carbonyl (C=O) groups excluding carboxylic acids is 2. The highest BCUT2D eigenvalue weighted by Crippen LogP contribution is 2.29. The van der Waals surface area contributed by atoms with Gasteiger partial charge < -0.3 is 15.4 Å². The first-order valence-electron chi connectivity index (χ1n) is 7.46. The molecule has 0 saturated heterocycles. The fourth-order valence-electron chi connectivity index (χ4n) is 2.00. The summed E-state index contributed by atoms with van der Waals surface area (Å²) < 4.78 is 5.20. The van der Waals surface area contributed by atoms with Gasteiger partial charge in [-0.05, 0) is 44.2 Å². The van der Waals surface area contributed by atoms with E-state index in [2.05, 4.69) is 10.6 Å². The molecule has 2 amide bonds. The van der Waals surface area contributed by atoms with E-state index in [4.69, 9.17) is 27.9 Å². The number of benzene rings is 2. The Kier molecular flexibility index (Phi) is 5.93. The van der Waals surface area contributed by atoms with Gasteiger partial charge in [0.1, 0.15) is 11.2 Å². The van der Waals surface area contributed by atoms with Crippen molar-refractivity contribution in [2.45, 2.75) is 13.8 Å². The Bertz CT molecular complexity index is 807. The van der Waals surface area contributed by atoms with Crippen LogP contribution in [0.5, 0.6) is 5.75 Å². The maximum Gasteiger partial charge on any atom is 0.239 e. The number of ether oxygens (including phenoxy) is 1.